The van der Waals surface area contributed by atoms with E-state index in [9.17, 15) is 9.50 Å². The number of piperazine rings is 1. The maximum absolute atomic E-state index is 13.9. The van der Waals surface area contributed by atoms with Gasteiger partial charge in [0.25, 0.3) is 0 Å². The van der Waals surface area contributed by atoms with Crippen LogP contribution in [-0.4, -0.2) is 55.9 Å². The number of aliphatic hydroxyl groups is 1. The average Bonchev–Trinajstić information content (AvgIpc) is 2.69. The monoisotopic (exact) mass is 358 g/mol. The average molecular weight is 358 g/mol. The lowest BCUT2D eigenvalue weighted by Gasteiger charge is -2.37. The number of anilines is 1. The third-order valence-corrected chi connectivity index (χ3v) is 4.95. The predicted octanol–water partition coefficient (Wildman–Crippen LogP) is 2.45. The van der Waals surface area contributed by atoms with Crippen LogP contribution in [0.1, 0.15) is 11.7 Å². The molecule has 2 aromatic carbocycles. The summed E-state index contributed by atoms with van der Waals surface area (Å²) in [6.07, 6.45) is -0.592. The first-order valence-electron chi connectivity index (χ1n) is 9.00. The van der Waals surface area contributed by atoms with Crippen molar-refractivity contribution in [2.45, 2.75) is 6.10 Å². The number of benzene rings is 2. The largest absolute Gasteiger partial charge is 0.486 e. The van der Waals surface area contributed by atoms with E-state index in [-0.39, 0.29) is 5.82 Å². The molecule has 138 valence electrons. The lowest BCUT2D eigenvalue weighted by atomic mass is 10.1. The summed E-state index contributed by atoms with van der Waals surface area (Å²) in [5, 5.41) is 10.6. The minimum absolute atomic E-state index is 0.183. The smallest absolute Gasteiger partial charge is 0.161 e. The molecule has 0 aromatic heterocycles. The molecule has 5 nitrogen and oxygen atoms in total. The summed E-state index contributed by atoms with van der Waals surface area (Å²) in [5.74, 6) is 1.24. The van der Waals surface area contributed by atoms with E-state index < -0.39 is 6.10 Å². The van der Waals surface area contributed by atoms with Gasteiger partial charge >= 0.3 is 0 Å². The van der Waals surface area contributed by atoms with Gasteiger partial charge in [-0.1, -0.05) is 18.2 Å². The summed E-state index contributed by atoms with van der Waals surface area (Å²) < 4.78 is 25.0. The van der Waals surface area contributed by atoms with Gasteiger partial charge in [0.15, 0.2) is 11.5 Å². The molecular formula is C20H23FN2O3. The minimum atomic E-state index is -0.592. The SMILES string of the molecule is OC(CN1CCN(c2ccccc2F)CC1)c1ccc2c(c1)OCCO2. The Morgan fingerprint density at radius 1 is 0.962 bits per heavy atom. The van der Waals surface area contributed by atoms with Crippen molar-refractivity contribution in [1.82, 2.24) is 4.90 Å². The van der Waals surface area contributed by atoms with Crippen molar-refractivity contribution < 1.29 is 19.0 Å². The number of β-amino-alcohol motifs (C(OH)–C–C–N with tert-alkyl or cyclic N) is 1. The molecule has 1 N–H and O–H groups in total. The molecule has 0 spiro atoms. The molecule has 1 fully saturated rings. The molecule has 0 bridgehead atoms. The summed E-state index contributed by atoms with van der Waals surface area (Å²) in [7, 11) is 0. The molecule has 6 heteroatoms. The Bertz CT molecular complexity index is 762. The Morgan fingerprint density at radius 3 is 2.46 bits per heavy atom. The fraction of sp³-hybridized carbons (Fsp3) is 0.400. The maximum atomic E-state index is 13.9. The van der Waals surface area contributed by atoms with Crippen molar-refractivity contribution >= 4 is 5.69 Å². The van der Waals surface area contributed by atoms with Gasteiger partial charge in [-0.05, 0) is 29.8 Å². The first-order valence-corrected chi connectivity index (χ1v) is 9.00. The highest BCUT2D eigenvalue weighted by atomic mass is 19.1. The van der Waals surface area contributed by atoms with Crippen LogP contribution >= 0.6 is 0 Å². The number of hydrogen-bond acceptors (Lipinski definition) is 5. The Kier molecular flexibility index (Phi) is 4.95. The van der Waals surface area contributed by atoms with Gasteiger partial charge in [-0.3, -0.25) is 4.90 Å². The van der Waals surface area contributed by atoms with Gasteiger partial charge in [0.2, 0.25) is 0 Å². The van der Waals surface area contributed by atoms with Crippen LogP contribution in [0.3, 0.4) is 0 Å². The highest BCUT2D eigenvalue weighted by Gasteiger charge is 2.22. The Morgan fingerprint density at radius 2 is 1.69 bits per heavy atom. The third kappa shape index (κ3) is 3.61. The van der Waals surface area contributed by atoms with Crippen LogP contribution in [0.25, 0.3) is 0 Å². The van der Waals surface area contributed by atoms with Gasteiger partial charge in [0.1, 0.15) is 19.0 Å². The van der Waals surface area contributed by atoms with E-state index in [1.807, 2.05) is 30.3 Å². The van der Waals surface area contributed by atoms with Crippen molar-refractivity contribution in [2.75, 3.05) is 50.8 Å². The summed E-state index contributed by atoms with van der Waals surface area (Å²) in [6.45, 7) is 4.70. The molecule has 2 heterocycles. The van der Waals surface area contributed by atoms with Crippen molar-refractivity contribution in [3.8, 4) is 11.5 Å². The van der Waals surface area contributed by atoms with Gasteiger partial charge < -0.3 is 19.5 Å². The zero-order chi connectivity index (χ0) is 17.9. The van der Waals surface area contributed by atoms with Crippen molar-refractivity contribution in [3.63, 3.8) is 0 Å². The molecule has 1 unspecified atom stereocenters. The molecule has 0 saturated carbocycles. The second-order valence-electron chi connectivity index (χ2n) is 6.66. The molecule has 2 aliphatic heterocycles. The molecule has 2 aliphatic rings. The number of ether oxygens (including phenoxy) is 2. The van der Waals surface area contributed by atoms with Crippen LogP contribution in [-0.2, 0) is 0 Å². The number of fused-ring (bicyclic) bond motifs is 1. The number of halogens is 1. The quantitative estimate of drug-likeness (QED) is 0.910. The third-order valence-electron chi connectivity index (χ3n) is 4.95. The standard InChI is InChI=1S/C20H23FN2O3/c21-16-3-1-2-4-17(16)23-9-7-22(8-10-23)14-18(24)15-5-6-19-20(13-15)26-12-11-25-19/h1-6,13,18,24H,7-12,14H2. The highest BCUT2D eigenvalue weighted by molar-refractivity contribution is 5.48. The molecule has 26 heavy (non-hydrogen) atoms. The Hall–Kier alpha value is -2.31. The van der Waals surface area contributed by atoms with Crippen LogP contribution in [0.2, 0.25) is 0 Å². The molecule has 1 atom stereocenters. The van der Waals surface area contributed by atoms with Crippen LogP contribution in [0, 0.1) is 5.82 Å². The first-order chi connectivity index (χ1) is 12.7. The molecular weight excluding hydrogens is 335 g/mol. The lowest BCUT2D eigenvalue weighted by molar-refractivity contribution is 0.108. The van der Waals surface area contributed by atoms with E-state index in [0.29, 0.717) is 31.2 Å². The van der Waals surface area contributed by atoms with Gasteiger partial charge in [-0.15, -0.1) is 0 Å². The summed E-state index contributed by atoms with van der Waals surface area (Å²) >= 11 is 0. The summed E-state index contributed by atoms with van der Waals surface area (Å²) in [6, 6.07) is 12.5. The predicted molar refractivity (Wildman–Crippen MR) is 97.4 cm³/mol. The van der Waals surface area contributed by atoms with Crippen LogP contribution in [0.5, 0.6) is 11.5 Å². The Labute approximate surface area is 152 Å². The Balaban J connectivity index is 1.35. The molecule has 0 amide bonds. The van der Waals surface area contributed by atoms with Gasteiger partial charge in [0.05, 0.1) is 11.8 Å². The number of rotatable bonds is 4. The van der Waals surface area contributed by atoms with E-state index in [0.717, 1.165) is 37.5 Å². The van der Waals surface area contributed by atoms with Gasteiger partial charge in [-0.2, -0.15) is 0 Å². The van der Waals surface area contributed by atoms with Crippen molar-refractivity contribution in [1.29, 1.82) is 0 Å². The lowest BCUT2D eigenvalue weighted by Crippen LogP contribution is -2.47. The van der Waals surface area contributed by atoms with E-state index in [1.54, 1.807) is 6.07 Å². The van der Waals surface area contributed by atoms with Gasteiger partial charge in [0, 0.05) is 32.7 Å². The van der Waals surface area contributed by atoms with Crippen LogP contribution < -0.4 is 14.4 Å². The van der Waals surface area contributed by atoms with E-state index >= 15 is 0 Å². The number of hydrogen-bond donors (Lipinski definition) is 1. The van der Waals surface area contributed by atoms with Crippen LogP contribution in [0.4, 0.5) is 10.1 Å². The van der Waals surface area contributed by atoms with Crippen LogP contribution in [0.15, 0.2) is 42.5 Å². The fourth-order valence-corrected chi connectivity index (χ4v) is 3.50. The topological polar surface area (TPSA) is 45.2 Å². The van der Waals surface area contributed by atoms with Crippen molar-refractivity contribution in [3.05, 3.63) is 53.8 Å². The van der Waals surface area contributed by atoms with Crippen molar-refractivity contribution in [2.24, 2.45) is 0 Å². The molecule has 1 saturated heterocycles. The van der Waals surface area contributed by atoms with E-state index in [2.05, 4.69) is 9.80 Å². The fourth-order valence-electron chi connectivity index (χ4n) is 3.50. The number of nitrogens with zero attached hydrogens (tertiary/aromatic N) is 2. The molecule has 2 aromatic rings. The zero-order valence-corrected chi connectivity index (χ0v) is 14.6. The summed E-state index contributed by atoms with van der Waals surface area (Å²) in [4.78, 5) is 4.26. The second kappa shape index (κ2) is 7.51. The second-order valence-corrected chi connectivity index (χ2v) is 6.66. The molecule has 0 radical (unpaired) electrons. The highest BCUT2D eigenvalue weighted by Crippen LogP contribution is 2.33. The van der Waals surface area contributed by atoms with E-state index in [4.69, 9.17) is 9.47 Å². The number of para-hydroxylation sites is 1. The van der Waals surface area contributed by atoms with E-state index in [1.165, 1.54) is 6.07 Å². The summed E-state index contributed by atoms with van der Waals surface area (Å²) in [5.41, 5.74) is 1.48. The molecule has 0 aliphatic carbocycles. The maximum Gasteiger partial charge on any atom is 0.161 e. The minimum Gasteiger partial charge on any atom is -0.486 e. The number of aliphatic hydroxyl groups excluding tert-OH is 1. The zero-order valence-electron chi connectivity index (χ0n) is 14.6. The first kappa shape index (κ1) is 17.1. The molecule has 4 rings (SSSR count). The van der Waals surface area contributed by atoms with Gasteiger partial charge in [-0.25, -0.2) is 4.39 Å². The normalized spacial score (nSPS) is 18.6.